The number of anilines is 1. The first-order valence-corrected chi connectivity index (χ1v) is 7.26. The van der Waals surface area contributed by atoms with Gasteiger partial charge in [-0.15, -0.1) is 11.3 Å². The number of nitrogen functional groups attached to an aromatic ring is 1. The van der Waals surface area contributed by atoms with E-state index in [2.05, 4.69) is 9.97 Å². The quantitative estimate of drug-likeness (QED) is 0.786. The number of ether oxygens (including phenoxy) is 2. The van der Waals surface area contributed by atoms with Crippen molar-refractivity contribution in [3.8, 4) is 33.3 Å². The van der Waals surface area contributed by atoms with E-state index in [4.69, 9.17) is 15.2 Å². The molecule has 0 saturated heterocycles. The van der Waals surface area contributed by atoms with E-state index in [0.29, 0.717) is 0 Å². The Morgan fingerprint density at radius 2 is 1.86 bits per heavy atom. The summed E-state index contributed by atoms with van der Waals surface area (Å²) in [5.41, 5.74) is 8.36. The van der Waals surface area contributed by atoms with E-state index in [1.807, 2.05) is 41.8 Å². The van der Waals surface area contributed by atoms with Crippen molar-refractivity contribution in [1.82, 2.24) is 9.97 Å². The molecule has 0 amide bonds. The maximum Gasteiger partial charge on any atom is 0.231 e. The van der Waals surface area contributed by atoms with Gasteiger partial charge in [0.05, 0.1) is 16.3 Å². The molecule has 3 aromatic rings. The smallest absolute Gasteiger partial charge is 0.231 e. The Kier molecular flexibility index (Phi) is 2.75. The molecular formula is C15H11N3O2S. The van der Waals surface area contributed by atoms with Gasteiger partial charge >= 0.3 is 0 Å². The molecule has 6 heteroatoms. The molecule has 0 radical (unpaired) electrons. The van der Waals surface area contributed by atoms with Gasteiger partial charge in [-0.1, -0.05) is 6.07 Å². The van der Waals surface area contributed by atoms with Crippen molar-refractivity contribution in [2.24, 2.45) is 0 Å². The van der Waals surface area contributed by atoms with Crippen molar-refractivity contribution in [2.75, 3.05) is 12.5 Å². The number of hydrogen-bond acceptors (Lipinski definition) is 6. The van der Waals surface area contributed by atoms with Crippen LogP contribution in [0.1, 0.15) is 0 Å². The summed E-state index contributed by atoms with van der Waals surface area (Å²) >= 11 is 1.62. The van der Waals surface area contributed by atoms with Crippen LogP contribution < -0.4 is 15.2 Å². The lowest BCUT2D eigenvalue weighted by Crippen LogP contribution is -1.98. The fraction of sp³-hybridized carbons (Fsp3) is 0.0667. The molecule has 0 aliphatic carbocycles. The highest BCUT2D eigenvalue weighted by Gasteiger charge is 2.15. The number of aromatic nitrogens is 2. The van der Waals surface area contributed by atoms with Gasteiger partial charge in [-0.3, -0.25) is 0 Å². The monoisotopic (exact) mass is 297 g/mol. The van der Waals surface area contributed by atoms with Crippen LogP contribution >= 0.6 is 11.3 Å². The Morgan fingerprint density at radius 3 is 2.71 bits per heavy atom. The van der Waals surface area contributed by atoms with E-state index in [0.717, 1.165) is 33.3 Å². The number of rotatable bonds is 2. The van der Waals surface area contributed by atoms with Gasteiger partial charge in [0.1, 0.15) is 0 Å². The first kappa shape index (κ1) is 12.2. The van der Waals surface area contributed by atoms with Crippen LogP contribution in [0.3, 0.4) is 0 Å². The third-order valence-electron chi connectivity index (χ3n) is 3.19. The molecule has 0 atom stereocenters. The minimum atomic E-state index is 0.255. The van der Waals surface area contributed by atoms with Crippen molar-refractivity contribution in [1.29, 1.82) is 0 Å². The first-order chi connectivity index (χ1) is 10.3. The first-order valence-electron chi connectivity index (χ1n) is 6.38. The van der Waals surface area contributed by atoms with E-state index in [1.165, 1.54) is 0 Å². The topological polar surface area (TPSA) is 70.3 Å². The average Bonchev–Trinajstić information content (AvgIpc) is 3.17. The second-order valence-electron chi connectivity index (χ2n) is 4.54. The van der Waals surface area contributed by atoms with Crippen LogP contribution in [-0.4, -0.2) is 16.8 Å². The zero-order valence-corrected chi connectivity index (χ0v) is 11.8. The van der Waals surface area contributed by atoms with Crippen molar-refractivity contribution < 1.29 is 9.47 Å². The minimum absolute atomic E-state index is 0.255. The van der Waals surface area contributed by atoms with Crippen LogP contribution in [0.4, 0.5) is 5.95 Å². The Morgan fingerprint density at radius 1 is 1.00 bits per heavy atom. The van der Waals surface area contributed by atoms with E-state index in [9.17, 15) is 0 Å². The Hall–Kier alpha value is -2.60. The van der Waals surface area contributed by atoms with E-state index < -0.39 is 0 Å². The molecule has 0 unspecified atom stereocenters. The summed E-state index contributed by atoms with van der Waals surface area (Å²) in [4.78, 5) is 9.67. The fourth-order valence-corrected chi connectivity index (χ4v) is 2.91. The lowest BCUT2D eigenvalue weighted by Gasteiger charge is -2.06. The molecule has 0 spiro atoms. The number of fused-ring (bicyclic) bond motifs is 1. The predicted octanol–water partition coefficient (Wildman–Crippen LogP) is 3.18. The molecule has 5 nitrogen and oxygen atoms in total. The van der Waals surface area contributed by atoms with Crippen LogP contribution in [0.5, 0.6) is 11.5 Å². The highest BCUT2D eigenvalue weighted by Crippen LogP contribution is 2.36. The van der Waals surface area contributed by atoms with Gasteiger partial charge in [-0.25, -0.2) is 9.97 Å². The third kappa shape index (κ3) is 2.19. The number of nitrogens with zero attached hydrogens (tertiary/aromatic N) is 2. The van der Waals surface area contributed by atoms with Crippen LogP contribution in [0.15, 0.2) is 41.8 Å². The number of thiophene rings is 1. The van der Waals surface area contributed by atoms with E-state index in [1.54, 1.807) is 11.3 Å². The molecule has 1 aliphatic heterocycles. The Balaban J connectivity index is 1.81. The van der Waals surface area contributed by atoms with Gasteiger partial charge in [0.2, 0.25) is 12.7 Å². The van der Waals surface area contributed by atoms with Gasteiger partial charge in [0.25, 0.3) is 0 Å². The molecule has 104 valence electrons. The third-order valence-corrected chi connectivity index (χ3v) is 4.08. The van der Waals surface area contributed by atoms with Gasteiger partial charge < -0.3 is 15.2 Å². The number of nitrogens with two attached hydrogens (primary N) is 1. The molecule has 3 heterocycles. The van der Waals surface area contributed by atoms with Crippen molar-refractivity contribution in [3.05, 3.63) is 41.8 Å². The zero-order valence-electron chi connectivity index (χ0n) is 10.9. The molecule has 0 saturated carbocycles. The Labute approximate surface area is 125 Å². The summed E-state index contributed by atoms with van der Waals surface area (Å²) in [6.07, 6.45) is 0. The SMILES string of the molecule is Nc1nc(-c2ccc3c(c2)OCO3)cc(-c2cccs2)n1. The summed E-state index contributed by atoms with van der Waals surface area (Å²) in [6.45, 7) is 0.255. The largest absolute Gasteiger partial charge is 0.454 e. The van der Waals surface area contributed by atoms with Gasteiger partial charge in [-0.05, 0) is 35.7 Å². The second kappa shape index (κ2) is 4.75. The average molecular weight is 297 g/mol. The highest BCUT2D eigenvalue weighted by atomic mass is 32.1. The lowest BCUT2D eigenvalue weighted by atomic mass is 10.1. The van der Waals surface area contributed by atoms with Crippen LogP contribution in [-0.2, 0) is 0 Å². The summed E-state index contributed by atoms with van der Waals surface area (Å²) in [6, 6.07) is 11.6. The normalized spacial score (nSPS) is 12.6. The maximum atomic E-state index is 5.84. The molecule has 0 fully saturated rings. The molecule has 21 heavy (non-hydrogen) atoms. The van der Waals surface area contributed by atoms with Crippen molar-refractivity contribution in [2.45, 2.75) is 0 Å². The molecule has 2 N–H and O–H groups in total. The standard InChI is InChI=1S/C15H11N3O2S/c16-15-17-10(7-11(18-15)14-2-1-5-21-14)9-3-4-12-13(6-9)20-8-19-12/h1-7H,8H2,(H2,16,17,18). The van der Waals surface area contributed by atoms with E-state index in [-0.39, 0.29) is 12.7 Å². The van der Waals surface area contributed by atoms with Gasteiger partial charge in [0.15, 0.2) is 11.5 Å². The molecule has 4 rings (SSSR count). The number of benzene rings is 1. The summed E-state index contributed by atoms with van der Waals surface area (Å²) in [7, 11) is 0. The predicted molar refractivity (Wildman–Crippen MR) is 81.3 cm³/mol. The molecule has 1 aromatic carbocycles. The van der Waals surface area contributed by atoms with Crippen LogP contribution in [0.25, 0.3) is 21.8 Å². The summed E-state index contributed by atoms with van der Waals surface area (Å²) < 4.78 is 10.7. The molecule has 1 aliphatic rings. The van der Waals surface area contributed by atoms with Gasteiger partial charge in [0, 0.05) is 5.56 Å². The highest BCUT2D eigenvalue weighted by molar-refractivity contribution is 7.13. The van der Waals surface area contributed by atoms with Gasteiger partial charge in [-0.2, -0.15) is 0 Å². The number of hydrogen-bond donors (Lipinski definition) is 1. The second-order valence-corrected chi connectivity index (χ2v) is 5.49. The zero-order chi connectivity index (χ0) is 14.2. The van der Waals surface area contributed by atoms with Crippen molar-refractivity contribution >= 4 is 17.3 Å². The summed E-state index contributed by atoms with van der Waals surface area (Å²) in [5.74, 6) is 1.73. The molecule has 0 bridgehead atoms. The fourth-order valence-electron chi connectivity index (χ4n) is 2.22. The lowest BCUT2D eigenvalue weighted by molar-refractivity contribution is 0.174. The Bertz CT molecular complexity index is 803. The summed E-state index contributed by atoms with van der Waals surface area (Å²) in [5, 5.41) is 2.01. The van der Waals surface area contributed by atoms with Crippen LogP contribution in [0.2, 0.25) is 0 Å². The molecular weight excluding hydrogens is 286 g/mol. The minimum Gasteiger partial charge on any atom is -0.454 e. The van der Waals surface area contributed by atoms with Crippen LogP contribution in [0, 0.1) is 0 Å². The van der Waals surface area contributed by atoms with E-state index >= 15 is 0 Å². The maximum absolute atomic E-state index is 5.84. The molecule has 2 aromatic heterocycles. The van der Waals surface area contributed by atoms with Crippen molar-refractivity contribution in [3.63, 3.8) is 0 Å².